The molecule has 0 amide bonds. The standard InChI is InChI=1S/C13H18NO/c1-11-7-5-6-10-14(11)12-8-3-4-9-13(12)15-2/h3,8-9,11H,5-7,10H2,1-2H3. The molecule has 0 bridgehead atoms. The van der Waals surface area contributed by atoms with E-state index in [0.29, 0.717) is 6.04 Å². The Morgan fingerprint density at radius 1 is 1.47 bits per heavy atom. The lowest BCUT2D eigenvalue weighted by Gasteiger charge is -2.36. The van der Waals surface area contributed by atoms with Crippen LogP contribution in [0.3, 0.4) is 0 Å². The molecule has 1 unspecified atom stereocenters. The van der Waals surface area contributed by atoms with Crippen molar-refractivity contribution < 1.29 is 4.74 Å². The highest BCUT2D eigenvalue weighted by molar-refractivity contribution is 5.59. The number of rotatable bonds is 2. The Hall–Kier alpha value is -1.18. The summed E-state index contributed by atoms with van der Waals surface area (Å²) in [5, 5.41) is 0. The maximum atomic E-state index is 5.37. The molecular weight excluding hydrogens is 186 g/mol. The number of methoxy groups -OCH3 is 1. The van der Waals surface area contributed by atoms with Crippen LogP contribution in [0.2, 0.25) is 0 Å². The van der Waals surface area contributed by atoms with Crippen LogP contribution >= 0.6 is 0 Å². The van der Waals surface area contributed by atoms with Gasteiger partial charge in [-0.15, -0.1) is 0 Å². The molecule has 15 heavy (non-hydrogen) atoms. The Labute approximate surface area is 91.9 Å². The van der Waals surface area contributed by atoms with Crippen LogP contribution in [0.15, 0.2) is 18.2 Å². The molecule has 0 aromatic heterocycles. The van der Waals surface area contributed by atoms with E-state index in [0.717, 1.165) is 12.3 Å². The predicted molar refractivity (Wildman–Crippen MR) is 62.5 cm³/mol. The van der Waals surface area contributed by atoms with Crippen molar-refractivity contribution in [3.8, 4) is 5.75 Å². The largest absolute Gasteiger partial charge is 0.495 e. The van der Waals surface area contributed by atoms with Gasteiger partial charge < -0.3 is 9.64 Å². The van der Waals surface area contributed by atoms with Crippen molar-refractivity contribution in [1.29, 1.82) is 0 Å². The van der Waals surface area contributed by atoms with E-state index in [9.17, 15) is 0 Å². The lowest BCUT2D eigenvalue weighted by Crippen LogP contribution is -2.37. The smallest absolute Gasteiger partial charge is 0.142 e. The summed E-state index contributed by atoms with van der Waals surface area (Å²) in [7, 11) is 1.72. The summed E-state index contributed by atoms with van der Waals surface area (Å²) in [6.45, 7) is 3.43. The van der Waals surface area contributed by atoms with Crippen LogP contribution in [0.25, 0.3) is 0 Å². The molecule has 1 atom stereocenters. The van der Waals surface area contributed by atoms with E-state index in [1.54, 1.807) is 7.11 Å². The topological polar surface area (TPSA) is 12.5 Å². The maximum Gasteiger partial charge on any atom is 0.142 e. The highest BCUT2D eigenvalue weighted by Crippen LogP contribution is 2.32. The van der Waals surface area contributed by atoms with E-state index in [-0.39, 0.29) is 0 Å². The highest BCUT2D eigenvalue weighted by atomic mass is 16.5. The number of nitrogens with zero attached hydrogens (tertiary/aromatic N) is 1. The second-order valence-corrected chi connectivity index (χ2v) is 4.14. The van der Waals surface area contributed by atoms with Crippen LogP contribution in [0.1, 0.15) is 26.2 Å². The molecule has 0 aliphatic carbocycles. The molecule has 1 radical (unpaired) electrons. The first-order valence-electron chi connectivity index (χ1n) is 5.63. The fraction of sp³-hybridized carbons (Fsp3) is 0.538. The van der Waals surface area contributed by atoms with Crippen molar-refractivity contribution in [3.05, 3.63) is 24.3 Å². The monoisotopic (exact) mass is 204 g/mol. The SMILES string of the molecule is COc1c[c]ccc1N1CCCCC1C. The van der Waals surface area contributed by atoms with Crippen LogP contribution in [0, 0.1) is 6.07 Å². The number of hydrogen-bond acceptors (Lipinski definition) is 2. The highest BCUT2D eigenvalue weighted by Gasteiger charge is 2.20. The van der Waals surface area contributed by atoms with Gasteiger partial charge in [0.25, 0.3) is 0 Å². The average Bonchev–Trinajstić information content (AvgIpc) is 2.30. The van der Waals surface area contributed by atoms with Gasteiger partial charge in [0.15, 0.2) is 0 Å². The van der Waals surface area contributed by atoms with Gasteiger partial charge in [0, 0.05) is 12.6 Å². The lowest BCUT2D eigenvalue weighted by molar-refractivity contribution is 0.407. The first-order chi connectivity index (χ1) is 7.33. The van der Waals surface area contributed by atoms with E-state index in [1.165, 1.54) is 24.9 Å². The number of anilines is 1. The summed E-state index contributed by atoms with van der Waals surface area (Å²) in [5.41, 5.74) is 1.21. The number of hydrogen-bond donors (Lipinski definition) is 0. The zero-order chi connectivity index (χ0) is 10.7. The second-order valence-electron chi connectivity index (χ2n) is 4.14. The molecule has 0 spiro atoms. The third-order valence-electron chi connectivity index (χ3n) is 3.14. The summed E-state index contributed by atoms with van der Waals surface area (Å²) in [4.78, 5) is 2.44. The minimum absolute atomic E-state index is 0.620. The van der Waals surface area contributed by atoms with E-state index in [1.807, 2.05) is 12.1 Å². The molecule has 1 aliphatic rings. The summed E-state index contributed by atoms with van der Waals surface area (Å²) < 4.78 is 5.37. The zero-order valence-corrected chi connectivity index (χ0v) is 9.49. The van der Waals surface area contributed by atoms with Gasteiger partial charge in [-0.3, -0.25) is 0 Å². The number of benzene rings is 1. The lowest BCUT2D eigenvalue weighted by atomic mass is 10.0. The molecule has 81 valence electrons. The fourth-order valence-electron chi connectivity index (χ4n) is 2.26. The zero-order valence-electron chi connectivity index (χ0n) is 9.49. The van der Waals surface area contributed by atoms with Crippen molar-refractivity contribution in [1.82, 2.24) is 0 Å². The predicted octanol–water partition coefficient (Wildman–Crippen LogP) is 2.87. The molecule has 0 N–H and O–H groups in total. The van der Waals surface area contributed by atoms with Crippen LogP contribution < -0.4 is 9.64 Å². The van der Waals surface area contributed by atoms with Crippen molar-refractivity contribution >= 4 is 5.69 Å². The summed E-state index contributed by atoms with van der Waals surface area (Å²) >= 11 is 0. The van der Waals surface area contributed by atoms with Crippen molar-refractivity contribution in [3.63, 3.8) is 0 Å². The normalized spacial score (nSPS) is 21.5. The van der Waals surface area contributed by atoms with E-state index >= 15 is 0 Å². The molecule has 2 heteroatoms. The molecule has 0 saturated carbocycles. The number of piperidine rings is 1. The van der Waals surface area contributed by atoms with Crippen LogP contribution in [-0.4, -0.2) is 19.7 Å². The summed E-state index contributed by atoms with van der Waals surface area (Å²) in [6, 6.07) is 9.64. The fourth-order valence-corrected chi connectivity index (χ4v) is 2.26. The van der Waals surface area contributed by atoms with Crippen LogP contribution in [0.4, 0.5) is 5.69 Å². The Bertz CT molecular complexity index is 324. The Kier molecular flexibility index (Phi) is 3.14. The third kappa shape index (κ3) is 2.09. The summed E-state index contributed by atoms with van der Waals surface area (Å²) in [6.07, 6.45) is 3.91. The van der Waals surface area contributed by atoms with Gasteiger partial charge >= 0.3 is 0 Å². The Balaban J connectivity index is 2.26. The van der Waals surface area contributed by atoms with E-state index in [2.05, 4.69) is 24.0 Å². The molecule has 1 aromatic rings. The van der Waals surface area contributed by atoms with Gasteiger partial charge in [0.1, 0.15) is 5.75 Å². The molecule has 1 fully saturated rings. The maximum absolute atomic E-state index is 5.37. The molecule has 1 heterocycles. The Morgan fingerprint density at radius 2 is 2.33 bits per heavy atom. The van der Waals surface area contributed by atoms with Crippen molar-refractivity contribution in [2.24, 2.45) is 0 Å². The van der Waals surface area contributed by atoms with Gasteiger partial charge in [-0.2, -0.15) is 0 Å². The minimum atomic E-state index is 0.620. The Morgan fingerprint density at radius 3 is 3.07 bits per heavy atom. The van der Waals surface area contributed by atoms with Gasteiger partial charge in [0.05, 0.1) is 12.8 Å². The minimum Gasteiger partial charge on any atom is -0.495 e. The quantitative estimate of drug-likeness (QED) is 0.734. The molecular formula is C13H18NO. The van der Waals surface area contributed by atoms with Gasteiger partial charge in [0.2, 0.25) is 0 Å². The van der Waals surface area contributed by atoms with E-state index < -0.39 is 0 Å². The first kappa shape index (κ1) is 10.3. The number of ether oxygens (including phenoxy) is 1. The molecule has 2 nitrogen and oxygen atoms in total. The molecule has 1 aliphatic heterocycles. The molecule has 2 rings (SSSR count). The first-order valence-corrected chi connectivity index (χ1v) is 5.63. The molecule has 1 saturated heterocycles. The average molecular weight is 204 g/mol. The van der Waals surface area contributed by atoms with Crippen LogP contribution in [-0.2, 0) is 0 Å². The molecule has 1 aromatic carbocycles. The van der Waals surface area contributed by atoms with Crippen LogP contribution in [0.5, 0.6) is 5.75 Å². The van der Waals surface area contributed by atoms with Gasteiger partial charge in [-0.25, -0.2) is 0 Å². The van der Waals surface area contributed by atoms with Crippen molar-refractivity contribution in [2.45, 2.75) is 32.2 Å². The summed E-state index contributed by atoms with van der Waals surface area (Å²) in [5.74, 6) is 0.936. The second kappa shape index (κ2) is 4.56. The third-order valence-corrected chi connectivity index (χ3v) is 3.14. The van der Waals surface area contributed by atoms with E-state index in [4.69, 9.17) is 4.74 Å². The van der Waals surface area contributed by atoms with Crippen molar-refractivity contribution in [2.75, 3.05) is 18.6 Å². The van der Waals surface area contributed by atoms with Gasteiger partial charge in [-0.1, -0.05) is 6.07 Å². The van der Waals surface area contributed by atoms with Gasteiger partial charge in [-0.05, 0) is 44.4 Å².